The van der Waals surface area contributed by atoms with Crippen LogP contribution in [-0.2, 0) is 22.4 Å². The number of anilines is 1. The summed E-state index contributed by atoms with van der Waals surface area (Å²) in [6.45, 7) is 4.13. The number of nitrogens with one attached hydrogen (secondary N) is 1. The molecule has 0 aliphatic carbocycles. The van der Waals surface area contributed by atoms with Crippen LogP contribution in [-0.4, -0.2) is 23.7 Å². The number of cyclic esters (lactones) is 1. The molecule has 1 atom stereocenters. The number of aryl methyl sites for hydroxylation is 1. The van der Waals surface area contributed by atoms with E-state index in [0.29, 0.717) is 12.0 Å². The van der Waals surface area contributed by atoms with Crippen LogP contribution in [0.1, 0.15) is 35.3 Å². The average Bonchev–Trinajstić information content (AvgIpc) is 2.63. The molecule has 4 nitrogen and oxygen atoms in total. The molecule has 2 aromatic carbocycles. The first-order valence-electron chi connectivity index (χ1n) is 8.47. The highest BCUT2D eigenvalue weighted by atomic mass is 32.2. The SMILES string of the molecule is CCSc1ccccc1NC(=O)C1Cc2cc(CC)ccc2C(=O)O1. The summed E-state index contributed by atoms with van der Waals surface area (Å²) in [5.74, 6) is 0.198. The third-order valence-corrected chi connectivity index (χ3v) is 5.15. The van der Waals surface area contributed by atoms with Crippen molar-refractivity contribution in [2.24, 2.45) is 0 Å². The molecule has 1 aliphatic rings. The highest BCUT2D eigenvalue weighted by Gasteiger charge is 2.31. The second kappa shape index (κ2) is 7.74. The van der Waals surface area contributed by atoms with Crippen molar-refractivity contribution in [3.05, 3.63) is 59.2 Å². The van der Waals surface area contributed by atoms with Crippen LogP contribution in [0.5, 0.6) is 0 Å². The average molecular weight is 355 g/mol. The van der Waals surface area contributed by atoms with Gasteiger partial charge in [-0.2, -0.15) is 0 Å². The van der Waals surface area contributed by atoms with Crippen LogP contribution in [0.4, 0.5) is 5.69 Å². The lowest BCUT2D eigenvalue weighted by Crippen LogP contribution is -2.38. The van der Waals surface area contributed by atoms with Gasteiger partial charge in [-0.3, -0.25) is 4.79 Å². The zero-order valence-corrected chi connectivity index (χ0v) is 15.2. The standard InChI is InChI=1S/C20H21NO3S/c1-3-13-9-10-15-14(11-13)12-17(24-20(15)23)19(22)21-16-7-5-6-8-18(16)25-4-2/h5-11,17H,3-4,12H2,1-2H3,(H,21,22). The molecule has 0 saturated heterocycles. The summed E-state index contributed by atoms with van der Waals surface area (Å²) < 4.78 is 5.36. The lowest BCUT2D eigenvalue weighted by atomic mass is 9.95. The Morgan fingerprint density at radius 3 is 2.80 bits per heavy atom. The first kappa shape index (κ1) is 17.5. The van der Waals surface area contributed by atoms with Crippen molar-refractivity contribution in [1.29, 1.82) is 0 Å². The zero-order valence-electron chi connectivity index (χ0n) is 14.4. The predicted molar refractivity (Wildman–Crippen MR) is 100 cm³/mol. The number of rotatable bonds is 5. The van der Waals surface area contributed by atoms with Gasteiger partial charge in [0, 0.05) is 11.3 Å². The molecule has 25 heavy (non-hydrogen) atoms. The van der Waals surface area contributed by atoms with Crippen molar-refractivity contribution in [3.63, 3.8) is 0 Å². The molecular formula is C20H21NO3S. The number of ether oxygens (including phenoxy) is 1. The van der Waals surface area contributed by atoms with E-state index < -0.39 is 12.1 Å². The number of fused-ring (bicyclic) bond motifs is 1. The summed E-state index contributed by atoms with van der Waals surface area (Å²) in [6, 6.07) is 13.4. The molecule has 1 aliphatic heterocycles. The van der Waals surface area contributed by atoms with Gasteiger partial charge in [0.2, 0.25) is 0 Å². The molecule has 0 spiro atoms. The van der Waals surface area contributed by atoms with Gasteiger partial charge in [-0.15, -0.1) is 11.8 Å². The van der Waals surface area contributed by atoms with Gasteiger partial charge in [-0.1, -0.05) is 38.1 Å². The minimum absolute atomic E-state index is 0.287. The van der Waals surface area contributed by atoms with Crippen LogP contribution in [0.25, 0.3) is 0 Å². The quantitative estimate of drug-likeness (QED) is 0.648. The smallest absolute Gasteiger partial charge is 0.339 e. The van der Waals surface area contributed by atoms with Crippen LogP contribution >= 0.6 is 11.8 Å². The molecule has 1 heterocycles. The molecule has 1 amide bonds. The van der Waals surface area contributed by atoms with Gasteiger partial charge in [0.05, 0.1) is 11.3 Å². The van der Waals surface area contributed by atoms with Crippen LogP contribution in [0.3, 0.4) is 0 Å². The Morgan fingerprint density at radius 1 is 1.24 bits per heavy atom. The van der Waals surface area contributed by atoms with Crippen molar-refractivity contribution in [3.8, 4) is 0 Å². The maximum Gasteiger partial charge on any atom is 0.339 e. The molecular weight excluding hydrogens is 334 g/mol. The van der Waals surface area contributed by atoms with E-state index in [2.05, 4.69) is 19.2 Å². The van der Waals surface area contributed by atoms with Crippen LogP contribution < -0.4 is 5.32 Å². The fourth-order valence-electron chi connectivity index (χ4n) is 2.88. The number of para-hydroxylation sites is 1. The minimum Gasteiger partial charge on any atom is -0.448 e. The largest absolute Gasteiger partial charge is 0.448 e. The van der Waals surface area contributed by atoms with Crippen LogP contribution in [0, 0.1) is 0 Å². The van der Waals surface area contributed by atoms with E-state index in [4.69, 9.17) is 4.74 Å². The predicted octanol–water partition coefficient (Wildman–Crippen LogP) is 4.08. The first-order chi connectivity index (χ1) is 12.1. The molecule has 0 bridgehead atoms. The number of thioether (sulfide) groups is 1. The number of amides is 1. The van der Waals surface area contributed by atoms with E-state index in [-0.39, 0.29) is 5.91 Å². The number of benzene rings is 2. The fraction of sp³-hybridized carbons (Fsp3) is 0.300. The second-order valence-corrected chi connectivity index (χ2v) is 7.17. The highest BCUT2D eigenvalue weighted by Crippen LogP contribution is 2.28. The Hall–Kier alpha value is -2.27. The summed E-state index contributed by atoms with van der Waals surface area (Å²) in [6.07, 6.45) is 0.497. The molecule has 1 N–H and O–H groups in total. The van der Waals surface area contributed by atoms with E-state index in [1.165, 1.54) is 0 Å². The van der Waals surface area contributed by atoms with Gasteiger partial charge in [-0.25, -0.2) is 4.79 Å². The van der Waals surface area contributed by atoms with E-state index in [9.17, 15) is 9.59 Å². The Bertz CT molecular complexity index is 803. The molecule has 0 radical (unpaired) electrons. The number of esters is 1. The normalized spacial score (nSPS) is 16.1. The molecule has 5 heteroatoms. The number of carbonyl (C=O) groups excluding carboxylic acids is 2. The van der Waals surface area contributed by atoms with Gasteiger partial charge in [-0.05, 0) is 41.5 Å². The van der Waals surface area contributed by atoms with Crippen molar-refractivity contribution < 1.29 is 14.3 Å². The van der Waals surface area contributed by atoms with Crippen molar-refractivity contribution in [2.75, 3.05) is 11.1 Å². The first-order valence-corrected chi connectivity index (χ1v) is 9.46. The van der Waals surface area contributed by atoms with Gasteiger partial charge in [0.25, 0.3) is 5.91 Å². The monoisotopic (exact) mass is 355 g/mol. The van der Waals surface area contributed by atoms with Gasteiger partial charge < -0.3 is 10.1 Å². The molecule has 0 saturated carbocycles. The van der Waals surface area contributed by atoms with E-state index in [1.807, 2.05) is 36.4 Å². The van der Waals surface area contributed by atoms with Gasteiger partial charge in [0.15, 0.2) is 6.10 Å². The molecule has 2 aromatic rings. The third-order valence-electron chi connectivity index (χ3n) is 4.19. The minimum atomic E-state index is -0.799. The van der Waals surface area contributed by atoms with Crippen LogP contribution in [0.15, 0.2) is 47.4 Å². The summed E-state index contributed by atoms with van der Waals surface area (Å²) >= 11 is 1.66. The van der Waals surface area contributed by atoms with Crippen LogP contribution in [0.2, 0.25) is 0 Å². The fourth-order valence-corrected chi connectivity index (χ4v) is 3.64. The van der Waals surface area contributed by atoms with Crippen molar-refractivity contribution in [1.82, 2.24) is 0 Å². The summed E-state index contributed by atoms with van der Waals surface area (Å²) in [4.78, 5) is 25.9. The van der Waals surface area contributed by atoms with E-state index in [0.717, 1.165) is 33.9 Å². The maximum absolute atomic E-state index is 12.6. The summed E-state index contributed by atoms with van der Waals surface area (Å²) in [7, 11) is 0. The van der Waals surface area contributed by atoms with Crippen molar-refractivity contribution >= 4 is 29.3 Å². The third kappa shape index (κ3) is 3.87. The van der Waals surface area contributed by atoms with Crippen molar-refractivity contribution in [2.45, 2.75) is 37.7 Å². The molecule has 0 aromatic heterocycles. The highest BCUT2D eigenvalue weighted by molar-refractivity contribution is 7.99. The summed E-state index contributed by atoms with van der Waals surface area (Å²) in [5, 5.41) is 2.91. The number of hydrogen-bond donors (Lipinski definition) is 1. The topological polar surface area (TPSA) is 55.4 Å². The van der Waals surface area contributed by atoms with Gasteiger partial charge in [0.1, 0.15) is 0 Å². The molecule has 0 fully saturated rings. The number of carbonyl (C=O) groups is 2. The maximum atomic E-state index is 12.6. The Morgan fingerprint density at radius 2 is 2.04 bits per heavy atom. The molecule has 3 rings (SSSR count). The van der Waals surface area contributed by atoms with Gasteiger partial charge >= 0.3 is 5.97 Å². The Balaban J connectivity index is 1.78. The van der Waals surface area contributed by atoms with E-state index >= 15 is 0 Å². The van der Waals surface area contributed by atoms with E-state index in [1.54, 1.807) is 17.8 Å². The zero-order chi connectivity index (χ0) is 17.8. The molecule has 130 valence electrons. The Kier molecular flexibility index (Phi) is 5.43. The lowest BCUT2D eigenvalue weighted by molar-refractivity contribution is -0.125. The number of hydrogen-bond acceptors (Lipinski definition) is 4. The summed E-state index contributed by atoms with van der Waals surface area (Å²) in [5.41, 5.74) is 3.34. The Labute approximate surface area is 152 Å². The lowest BCUT2D eigenvalue weighted by Gasteiger charge is -2.24. The second-order valence-electron chi connectivity index (χ2n) is 5.86. The molecule has 1 unspecified atom stereocenters.